The molecule has 2 heteroatoms. The van der Waals surface area contributed by atoms with E-state index in [0.717, 1.165) is 11.3 Å². The summed E-state index contributed by atoms with van der Waals surface area (Å²) in [5.41, 5.74) is 2.20. The van der Waals surface area contributed by atoms with Gasteiger partial charge in [-0.1, -0.05) is 0 Å². The Morgan fingerprint density at radius 1 is 1.25 bits per heavy atom. The number of nitrogens with zero attached hydrogens (tertiary/aromatic N) is 2. The molecule has 0 saturated heterocycles. The van der Waals surface area contributed by atoms with Crippen molar-refractivity contribution in [1.29, 1.82) is 0 Å². The van der Waals surface area contributed by atoms with Gasteiger partial charge in [-0.05, 0) is 12.2 Å². The molecule has 0 bridgehead atoms. The van der Waals surface area contributed by atoms with Crippen LogP contribution in [0.5, 0.6) is 0 Å². The number of rotatable bonds is 0. The second-order valence-electron chi connectivity index (χ2n) is 1.70. The van der Waals surface area contributed by atoms with Gasteiger partial charge in [0.1, 0.15) is 6.33 Å². The molecule has 38 valence electrons. The van der Waals surface area contributed by atoms with Crippen LogP contribution in [0, 0.1) is 0 Å². The predicted molar refractivity (Wildman–Crippen MR) is 31.0 cm³/mol. The van der Waals surface area contributed by atoms with E-state index < -0.39 is 0 Å². The lowest BCUT2D eigenvalue weighted by molar-refractivity contribution is 1.13. The number of hydrogen-bond acceptors (Lipinski definition) is 2. The standard InChI is InChI=1S/C6H4N2/c1-2-6-5(1)3-7-4-8-6/h1-4H. The average molecular weight is 104 g/mol. The maximum absolute atomic E-state index is 3.97. The van der Waals surface area contributed by atoms with E-state index in [4.69, 9.17) is 0 Å². The number of hydrogen-bond donors (Lipinski definition) is 0. The van der Waals surface area contributed by atoms with E-state index in [1.54, 1.807) is 6.33 Å². The van der Waals surface area contributed by atoms with Gasteiger partial charge in [0.15, 0.2) is 0 Å². The van der Waals surface area contributed by atoms with Crippen LogP contribution < -0.4 is 0 Å². The third-order valence-corrected chi connectivity index (χ3v) is 1.19. The second-order valence-corrected chi connectivity index (χ2v) is 1.70. The summed E-state index contributed by atoms with van der Waals surface area (Å²) in [6, 6.07) is 0. The normalized spacial score (nSPS) is 12.5. The second kappa shape index (κ2) is 1.15. The van der Waals surface area contributed by atoms with Gasteiger partial charge in [0.2, 0.25) is 0 Å². The van der Waals surface area contributed by atoms with E-state index in [1.807, 2.05) is 18.3 Å². The minimum Gasteiger partial charge on any atom is -0.244 e. The molecule has 1 heterocycles. The summed E-state index contributed by atoms with van der Waals surface area (Å²) in [6.07, 6.45) is 7.33. The fraction of sp³-hybridized carbons (Fsp3) is 0. The molecule has 0 aliphatic heterocycles. The molecule has 2 nitrogen and oxygen atoms in total. The van der Waals surface area contributed by atoms with Crippen molar-refractivity contribution in [3.8, 4) is 0 Å². The molecular weight excluding hydrogens is 100 g/mol. The van der Waals surface area contributed by atoms with Crippen LogP contribution in [0.3, 0.4) is 0 Å². The van der Waals surface area contributed by atoms with Crippen LogP contribution in [0.4, 0.5) is 0 Å². The van der Waals surface area contributed by atoms with Gasteiger partial charge in [0, 0.05) is 11.8 Å². The molecule has 1 aromatic rings. The third-order valence-electron chi connectivity index (χ3n) is 1.19. The fourth-order valence-corrected chi connectivity index (χ4v) is 0.690. The predicted octanol–water partition coefficient (Wildman–Crippen LogP) is 0.960. The van der Waals surface area contributed by atoms with E-state index in [0.29, 0.717) is 0 Å². The SMILES string of the molecule is C1=Cc2ncncc21. The van der Waals surface area contributed by atoms with Gasteiger partial charge in [-0.3, -0.25) is 0 Å². The molecule has 0 amide bonds. The van der Waals surface area contributed by atoms with Crippen LogP contribution in [0.1, 0.15) is 11.3 Å². The Morgan fingerprint density at radius 2 is 2.25 bits per heavy atom. The minimum atomic E-state index is 1.06. The Hall–Kier alpha value is -1.18. The first-order valence-corrected chi connectivity index (χ1v) is 2.45. The van der Waals surface area contributed by atoms with E-state index >= 15 is 0 Å². The number of aromatic nitrogens is 2. The smallest absolute Gasteiger partial charge is 0.116 e. The molecule has 0 fully saturated rings. The lowest BCUT2D eigenvalue weighted by Crippen LogP contribution is -1.93. The van der Waals surface area contributed by atoms with E-state index in [1.165, 1.54) is 0 Å². The van der Waals surface area contributed by atoms with Crippen molar-refractivity contribution in [3.05, 3.63) is 23.8 Å². The van der Waals surface area contributed by atoms with Gasteiger partial charge < -0.3 is 0 Å². The zero-order valence-electron chi connectivity index (χ0n) is 4.20. The first-order chi connectivity index (χ1) is 3.97. The molecule has 1 aliphatic carbocycles. The van der Waals surface area contributed by atoms with Crippen LogP contribution >= 0.6 is 0 Å². The molecule has 0 N–H and O–H groups in total. The zero-order chi connectivity index (χ0) is 5.40. The van der Waals surface area contributed by atoms with E-state index in [9.17, 15) is 0 Å². The van der Waals surface area contributed by atoms with E-state index in [-0.39, 0.29) is 0 Å². The van der Waals surface area contributed by atoms with Crippen LogP contribution in [-0.4, -0.2) is 9.97 Å². The number of fused-ring (bicyclic) bond motifs is 1. The molecule has 0 atom stereocenters. The van der Waals surface area contributed by atoms with Crippen LogP contribution in [0.25, 0.3) is 12.2 Å². The molecule has 0 saturated carbocycles. The topological polar surface area (TPSA) is 25.8 Å². The quantitative estimate of drug-likeness (QED) is 0.497. The van der Waals surface area contributed by atoms with Gasteiger partial charge in [0.25, 0.3) is 0 Å². The van der Waals surface area contributed by atoms with Gasteiger partial charge >= 0.3 is 0 Å². The lowest BCUT2D eigenvalue weighted by atomic mass is 10.1. The highest BCUT2D eigenvalue weighted by Gasteiger charge is 2.02. The van der Waals surface area contributed by atoms with E-state index in [2.05, 4.69) is 9.97 Å². The molecule has 1 aliphatic rings. The van der Waals surface area contributed by atoms with Crippen molar-refractivity contribution in [1.82, 2.24) is 9.97 Å². The third kappa shape index (κ3) is 0.320. The molecule has 2 rings (SSSR count). The van der Waals surface area contributed by atoms with Gasteiger partial charge in [0.05, 0.1) is 5.69 Å². The van der Waals surface area contributed by atoms with Crippen molar-refractivity contribution < 1.29 is 0 Å². The van der Waals surface area contributed by atoms with Crippen molar-refractivity contribution in [2.75, 3.05) is 0 Å². The Labute approximate surface area is 46.9 Å². The highest BCUT2D eigenvalue weighted by Crippen LogP contribution is 2.17. The summed E-state index contributed by atoms with van der Waals surface area (Å²) < 4.78 is 0. The molecule has 0 radical (unpaired) electrons. The zero-order valence-corrected chi connectivity index (χ0v) is 4.20. The van der Waals surface area contributed by atoms with Crippen LogP contribution in [0.15, 0.2) is 12.5 Å². The lowest BCUT2D eigenvalue weighted by Gasteiger charge is -2.04. The van der Waals surface area contributed by atoms with Crippen LogP contribution in [-0.2, 0) is 0 Å². The molecular formula is C6H4N2. The highest BCUT2D eigenvalue weighted by molar-refractivity contribution is 5.82. The maximum Gasteiger partial charge on any atom is 0.116 e. The first-order valence-electron chi connectivity index (χ1n) is 2.45. The Bertz CT molecular complexity index is 215. The van der Waals surface area contributed by atoms with Crippen LogP contribution in [0.2, 0.25) is 0 Å². The summed E-state index contributed by atoms with van der Waals surface area (Å²) >= 11 is 0. The average Bonchev–Trinajstić information content (AvgIpc) is 1.72. The molecule has 0 spiro atoms. The Morgan fingerprint density at radius 3 is 2.62 bits per heavy atom. The summed E-state index contributed by atoms with van der Waals surface area (Å²) in [6.45, 7) is 0. The summed E-state index contributed by atoms with van der Waals surface area (Å²) in [4.78, 5) is 7.80. The molecule has 8 heavy (non-hydrogen) atoms. The fourth-order valence-electron chi connectivity index (χ4n) is 0.690. The van der Waals surface area contributed by atoms with Crippen molar-refractivity contribution in [3.63, 3.8) is 0 Å². The van der Waals surface area contributed by atoms with Crippen molar-refractivity contribution in [2.24, 2.45) is 0 Å². The van der Waals surface area contributed by atoms with Crippen molar-refractivity contribution in [2.45, 2.75) is 0 Å². The molecule has 0 unspecified atom stereocenters. The summed E-state index contributed by atoms with van der Waals surface area (Å²) in [7, 11) is 0. The Balaban J connectivity index is 2.69. The van der Waals surface area contributed by atoms with Gasteiger partial charge in [-0.2, -0.15) is 0 Å². The van der Waals surface area contributed by atoms with Gasteiger partial charge in [-0.25, -0.2) is 9.97 Å². The Kier molecular flexibility index (Phi) is 0.545. The molecule has 1 aromatic heterocycles. The first kappa shape index (κ1) is 3.78. The summed E-state index contributed by atoms with van der Waals surface area (Å²) in [5, 5.41) is 0. The monoisotopic (exact) mass is 104 g/mol. The summed E-state index contributed by atoms with van der Waals surface area (Å²) in [5.74, 6) is 0. The highest BCUT2D eigenvalue weighted by atomic mass is 14.8. The largest absolute Gasteiger partial charge is 0.244 e. The van der Waals surface area contributed by atoms with Gasteiger partial charge in [-0.15, -0.1) is 0 Å². The minimum absolute atomic E-state index is 1.06. The van der Waals surface area contributed by atoms with Crippen molar-refractivity contribution >= 4 is 12.2 Å². The maximum atomic E-state index is 3.97. The molecule has 0 aromatic carbocycles.